The van der Waals surface area contributed by atoms with Crippen LogP contribution in [0.15, 0.2) is 18.2 Å². The standard InChI is InChI=1S/C15H24FNO/c1-11-10-12(16)6-7-13(11)14(17-4)8-9-15(2,3)18-5/h6-7,10,14,17H,8-9H2,1-5H3. The minimum absolute atomic E-state index is 0.122. The number of halogens is 1. The minimum Gasteiger partial charge on any atom is -0.379 e. The molecule has 0 bridgehead atoms. The smallest absolute Gasteiger partial charge is 0.123 e. The number of aryl methyl sites for hydroxylation is 1. The second-order valence-corrected chi connectivity index (χ2v) is 5.34. The largest absolute Gasteiger partial charge is 0.379 e. The summed E-state index contributed by atoms with van der Waals surface area (Å²) in [5.74, 6) is -0.177. The number of ether oxygens (including phenoxy) is 1. The average molecular weight is 253 g/mol. The van der Waals surface area contributed by atoms with Crippen LogP contribution < -0.4 is 5.32 Å². The first-order chi connectivity index (χ1) is 8.39. The molecule has 0 saturated heterocycles. The van der Waals surface area contributed by atoms with Crippen LogP contribution in [0.3, 0.4) is 0 Å². The monoisotopic (exact) mass is 253 g/mol. The molecule has 0 saturated carbocycles. The second kappa shape index (κ2) is 6.30. The summed E-state index contributed by atoms with van der Waals surface area (Å²) in [5.41, 5.74) is 2.03. The van der Waals surface area contributed by atoms with Crippen molar-refractivity contribution in [1.29, 1.82) is 0 Å². The van der Waals surface area contributed by atoms with E-state index >= 15 is 0 Å². The highest BCUT2D eigenvalue weighted by molar-refractivity contribution is 5.29. The molecule has 1 aromatic carbocycles. The number of hydrogen-bond donors (Lipinski definition) is 1. The van der Waals surface area contributed by atoms with Crippen LogP contribution in [0.25, 0.3) is 0 Å². The molecule has 0 radical (unpaired) electrons. The Labute approximate surface area is 110 Å². The van der Waals surface area contributed by atoms with Crippen molar-refractivity contribution in [1.82, 2.24) is 5.32 Å². The molecule has 1 unspecified atom stereocenters. The van der Waals surface area contributed by atoms with Crippen molar-refractivity contribution in [3.05, 3.63) is 35.1 Å². The van der Waals surface area contributed by atoms with Gasteiger partial charge in [0, 0.05) is 13.2 Å². The summed E-state index contributed by atoms with van der Waals surface area (Å²) in [6, 6.07) is 5.21. The highest BCUT2D eigenvalue weighted by Gasteiger charge is 2.20. The number of hydrogen-bond acceptors (Lipinski definition) is 2. The van der Waals surface area contributed by atoms with E-state index in [9.17, 15) is 4.39 Å². The van der Waals surface area contributed by atoms with Crippen molar-refractivity contribution in [2.75, 3.05) is 14.2 Å². The second-order valence-electron chi connectivity index (χ2n) is 5.34. The van der Waals surface area contributed by atoms with Gasteiger partial charge in [-0.3, -0.25) is 0 Å². The summed E-state index contributed by atoms with van der Waals surface area (Å²) in [4.78, 5) is 0. The maximum absolute atomic E-state index is 13.1. The van der Waals surface area contributed by atoms with E-state index in [2.05, 4.69) is 19.2 Å². The fourth-order valence-electron chi connectivity index (χ4n) is 2.08. The maximum Gasteiger partial charge on any atom is 0.123 e. The van der Waals surface area contributed by atoms with E-state index in [-0.39, 0.29) is 17.5 Å². The Hall–Kier alpha value is -0.930. The lowest BCUT2D eigenvalue weighted by molar-refractivity contribution is 0.0118. The summed E-state index contributed by atoms with van der Waals surface area (Å²) in [6.07, 6.45) is 1.91. The minimum atomic E-state index is -0.177. The molecule has 0 aliphatic carbocycles. The highest BCUT2D eigenvalue weighted by Crippen LogP contribution is 2.26. The van der Waals surface area contributed by atoms with Gasteiger partial charge in [-0.25, -0.2) is 4.39 Å². The zero-order valence-corrected chi connectivity index (χ0v) is 12.0. The first-order valence-corrected chi connectivity index (χ1v) is 6.38. The van der Waals surface area contributed by atoms with Crippen molar-refractivity contribution >= 4 is 0 Å². The van der Waals surface area contributed by atoms with Crippen LogP contribution in [0.1, 0.15) is 43.9 Å². The Morgan fingerprint density at radius 1 is 1.39 bits per heavy atom. The summed E-state index contributed by atoms with van der Waals surface area (Å²) < 4.78 is 18.5. The van der Waals surface area contributed by atoms with Crippen molar-refractivity contribution < 1.29 is 9.13 Å². The molecule has 1 atom stereocenters. The quantitative estimate of drug-likeness (QED) is 0.836. The van der Waals surface area contributed by atoms with Gasteiger partial charge in [0.05, 0.1) is 5.60 Å². The zero-order valence-electron chi connectivity index (χ0n) is 12.0. The molecule has 1 rings (SSSR count). The highest BCUT2D eigenvalue weighted by atomic mass is 19.1. The first kappa shape index (κ1) is 15.1. The average Bonchev–Trinajstić information content (AvgIpc) is 2.32. The van der Waals surface area contributed by atoms with Crippen LogP contribution in [0.4, 0.5) is 4.39 Å². The van der Waals surface area contributed by atoms with Crippen LogP contribution >= 0.6 is 0 Å². The Kier molecular flexibility index (Phi) is 5.29. The van der Waals surface area contributed by atoms with Crippen molar-refractivity contribution in [3.8, 4) is 0 Å². The molecule has 102 valence electrons. The lowest BCUT2D eigenvalue weighted by Crippen LogP contribution is -2.26. The van der Waals surface area contributed by atoms with Crippen LogP contribution in [-0.4, -0.2) is 19.8 Å². The molecule has 1 N–H and O–H groups in total. The van der Waals surface area contributed by atoms with Crippen molar-refractivity contribution in [3.63, 3.8) is 0 Å². The molecule has 0 fully saturated rings. The van der Waals surface area contributed by atoms with Gasteiger partial charge in [0.1, 0.15) is 5.82 Å². The predicted molar refractivity (Wildman–Crippen MR) is 73.3 cm³/mol. The Bertz CT molecular complexity index is 390. The zero-order chi connectivity index (χ0) is 13.8. The molecule has 0 amide bonds. The first-order valence-electron chi connectivity index (χ1n) is 6.38. The molecule has 0 spiro atoms. The normalized spacial score (nSPS) is 13.7. The summed E-state index contributed by atoms with van der Waals surface area (Å²) >= 11 is 0. The number of methoxy groups -OCH3 is 1. The Morgan fingerprint density at radius 3 is 2.56 bits per heavy atom. The van der Waals surface area contributed by atoms with E-state index in [0.717, 1.165) is 24.0 Å². The van der Waals surface area contributed by atoms with Gasteiger partial charge in [-0.1, -0.05) is 6.07 Å². The topological polar surface area (TPSA) is 21.3 Å². The van der Waals surface area contributed by atoms with Gasteiger partial charge in [0.2, 0.25) is 0 Å². The van der Waals surface area contributed by atoms with Crippen molar-refractivity contribution in [2.45, 2.75) is 45.3 Å². The van der Waals surface area contributed by atoms with Crippen LogP contribution in [0.5, 0.6) is 0 Å². The fraction of sp³-hybridized carbons (Fsp3) is 0.600. The fourth-order valence-corrected chi connectivity index (χ4v) is 2.08. The molecule has 0 aliphatic heterocycles. The molecule has 3 heteroatoms. The third kappa shape index (κ3) is 4.07. The molecule has 18 heavy (non-hydrogen) atoms. The van der Waals surface area contributed by atoms with Gasteiger partial charge >= 0.3 is 0 Å². The van der Waals surface area contributed by atoms with E-state index in [1.54, 1.807) is 13.2 Å². The van der Waals surface area contributed by atoms with Gasteiger partial charge in [0.25, 0.3) is 0 Å². The van der Waals surface area contributed by atoms with Gasteiger partial charge in [-0.05, 0) is 63.9 Å². The van der Waals surface area contributed by atoms with Crippen molar-refractivity contribution in [2.24, 2.45) is 0 Å². The lowest BCUT2D eigenvalue weighted by atomic mass is 9.93. The van der Waals surface area contributed by atoms with Gasteiger partial charge in [-0.2, -0.15) is 0 Å². The van der Waals surface area contributed by atoms with Gasteiger partial charge in [-0.15, -0.1) is 0 Å². The number of nitrogens with one attached hydrogen (secondary N) is 1. The van der Waals surface area contributed by atoms with E-state index in [1.807, 2.05) is 20.0 Å². The third-order valence-corrected chi connectivity index (χ3v) is 3.54. The van der Waals surface area contributed by atoms with E-state index in [1.165, 1.54) is 6.07 Å². The third-order valence-electron chi connectivity index (χ3n) is 3.54. The van der Waals surface area contributed by atoms with E-state index in [4.69, 9.17) is 4.74 Å². The Balaban J connectivity index is 2.77. The predicted octanol–water partition coefficient (Wildman–Crippen LogP) is 3.60. The van der Waals surface area contributed by atoms with E-state index < -0.39 is 0 Å². The number of benzene rings is 1. The molecule has 0 aliphatic rings. The van der Waals surface area contributed by atoms with Crippen LogP contribution in [0, 0.1) is 12.7 Å². The molecule has 0 aromatic heterocycles. The number of rotatable bonds is 6. The van der Waals surface area contributed by atoms with Crippen LogP contribution in [-0.2, 0) is 4.74 Å². The van der Waals surface area contributed by atoms with E-state index in [0.29, 0.717) is 0 Å². The molecular formula is C15H24FNO. The lowest BCUT2D eigenvalue weighted by Gasteiger charge is -2.26. The SMILES string of the molecule is CNC(CCC(C)(C)OC)c1ccc(F)cc1C. The Morgan fingerprint density at radius 2 is 2.06 bits per heavy atom. The molecular weight excluding hydrogens is 229 g/mol. The summed E-state index contributed by atoms with van der Waals surface area (Å²) in [7, 11) is 3.67. The van der Waals surface area contributed by atoms with Crippen LogP contribution in [0.2, 0.25) is 0 Å². The molecule has 2 nitrogen and oxygen atoms in total. The molecule has 0 heterocycles. The summed E-state index contributed by atoms with van der Waals surface area (Å²) in [5, 5.41) is 3.30. The summed E-state index contributed by atoms with van der Waals surface area (Å²) in [6.45, 7) is 6.11. The maximum atomic E-state index is 13.1. The van der Waals surface area contributed by atoms with Gasteiger partial charge in [0.15, 0.2) is 0 Å². The molecule has 1 aromatic rings. The van der Waals surface area contributed by atoms with Gasteiger partial charge < -0.3 is 10.1 Å².